The Morgan fingerprint density at radius 3 is 2.64 bits per heavy atom. The van der Waals surface area contributed by atoms with E-state index >= 15 is 0 Å². The number of carbonyl (C=O) groups is 2. The van der Waals surface area contributed by atoms with E-state index in [-0.39, 0.29) is 18.8 Å². The lowest BCUT2D eigenvalue weighted by Gasteiger charge is -2.10. The predicted octanol–water partition coefficient (Wildman–Crippen LogP) is 3.36. The summed E-state index contributed by atoms with van der Waals surface area (Å²) in [6.45, 7) is -0.103. The molecule has 2 aromatic heterocycles. The van der Waals surface area contributed by atoms with Crippen molar-refractivity contribution >= 4 is 34.6 Å². The number of esters is 1. The van der Waals surface area contributed by atoms with Crippen LogP contribution in [0.4, 0.5) is 0 Å². The molecule has 1 amide bonds. The zero-order chi connectivity index (χ0) is 19.9. The first-order chi connectivity index (χ1) is 13.6. The summed E-state index contributed by atoms with van der Waals surface area (Å²) in [5.41, 5.74) is 1.03. The normalized spacial score (nSPS) is 10.4. The number of ether oxygens (including phenoxy) is 3. The van der Waals surface area contributed by atoms with E-state index < -0.39 is 11.9 Å². The van der Waals surface area contributed by atoms with Gasteiger partial charge < -0.3 is 19.5 Å². The molecule has 0 unspecified atom stereocenters. The second-order valence-corrected chi connectivity index (χ2v) is 7.36. The molecule has 0 saturated heterocycles. The Morgan fingerprint density at radius 1 is 1.11 bits per heavy atom. The van der Waals surface area contributed by atoms with Gasteiger partial charge in [-0.25, -0.2) is 9.78 Å². The van der Waals surface area contributed by atoms with Gasteiger partial charge in [-0.1, -0.05) is 12.1 Å². The van der Waals surface area contributed by atoms with Gasteiger partial charge in [0.2, 0.25) is 0 Å². The average molecular weight is 418 g/mol. The number of aromatic nitrogens is 1. The van der Waals surface area contributed by atoms with Crippen LogP contribution in [-0.4, -0.2) is 37.7 Å². The lowest BCUT2D eigenvalue weighted by Crippen LogP contribution is -2.28. The maximum Gasteiger partial charge on any atom is 0.358 e. The van der Waals surface area contributed by atoms with Crippen molar-refractivity contribution in [1.29, 1.82) is 0 Å². The average Bonchev–Trinajstić information content (AvgIpc) is 3.41. The van der Waals surface area contributed by atoms with Crippen molar-refractivity contribution < 1.29 is 23.8 Å². The molecule has 0 aliphatic rings. The van der Waals surface area contributed by atoms with Gasteiger partial charge in [0.05, 0.1) is 19.1 Å². The van der Waals surface area contributed by atoms with Crippen LogP contribution < -0.4 is 14.8 Å². The number of nitrogens with zero attached hydrogens (tertiary/aromatic N) is 1. The molecule has 0 aliphatic carbocycles. The van der Waals surface area contributed by atoms with Crippen LogP contribution in [0, 0.1) is 0 Å². The summed E-state index contributed by atoms with van der Waals surface area (Å²) in [4.78, 5) is 29.3. The summed E-state index contributed by atoms with van der Waals surface area (Å²) in [6.07, 6.45) is 0. The third kappa shape index (κ3) is 4.87. The van der Waals surface area contributed by atoms with E-state index in [0.717, 1.165) is 15.4 Å². The van der Waals surface area contributed by atoms with Gasteiger partial charge in [0.1, 0.15) is 5.01 Å². The SMILES string of the molecule is COc1ccc(CNC(=O)COC(=O)c2csc(-c3cccs3)n2)cc1OC. The lowest BCUT2D eigenvalue weighted by molar-refractivity contribution is -0.124. The number of thiophene rings is 1. The summed E-state index contributed by atoms with van der Waals surface area (Å²) >= 11 is 2.90. The van der Waals surface area contributed by atoms with Crippen LogP contribution in [0.15, 0.2) is 41.1 Å². The lowest BCUT2D eigenvalue weighted by atomic mass is 10.2. The van der Waals surface area contributed by atoms with Crippen molar-refractivity contribution in [2.45, 2.75) is 6.54 Å². The topological polar surface area (TPSA) is 86.8 Å². The van der Waals surface area contributed by atoms with Crippen molar-refractivity contribution in [3.63, 3.8) is 0 Å². The van der Waals surface area contributed by atoms with Gasteiger partial charge in [-0.05, 0) is 29.1 Å². The molecule has 0 radical (unpaired) electrons. The maximum absolute atomic E-state index is 12.1. The van der Waals surface area contributed by atoms with Crippen LogP contribution in [-0.2, 0) is 16.1 Å². The summed E-state index contributed by atoms with van der Waals surface area (Å²) in [7, 11) is 3.10. The van der Waals surface area contributed by atoms with E-state index in [0.29, 0.717) is 11.5 Å². The quantitative estimate of drug-likeness (QED) is 0.565. The van der Waals surface area contributed by atoms with Crippen molar-refractivity contribution in [2.75, 3.05) is 20.8 Å². The molecule has 3 rings (SSSR count). The number of hydrogen-bond donors (Lipinski definition) is 1. The third-order valence-electron chi connectivity index (χ3n) is 3.72. The van der Waals surface area contributed by atoms with Crippen LogP contribution in [0.1, 0.15) is 16.1 Å². The van der Waals surface area contributed by atoms with E-state index in [1.807, 2.05) is 23.6 Å². The monoisotopic (exact) mass is 418 g/mol. The highest BCUT2D eigenvalue weighted by molar-refractivity contribution is 7.20. The standard InChI is InChI=1S/C19H18N2O5S2/c1-24-14-6-5-12(8-15(14)25-2)9-20-17(22)10-26-19(23)13-11-28-18(21-13)16-4-3-7-27-16/h3-8,11H,9-10H2,1-2H3,(H,20,22). The molecule has 1 aromatic carbocycles. The molecule has 0 spiro atoms. The minimum atomic E-state index is -0.625. The fourth-order valence-electron chi connectivity index (χ4n) is 2.33. The molecular formula is C19H18N2O5S2. The predicted molar refractivity (Wildman–Crippen MR) is 107 cm³/mol. The second kappa shape index (κ2) is 9.34. The van der Waals surface area contributed by atoms with Crippen molar-refractivity contribution in [1.82, 2.24) is 10.3 Å². The zero-order valence-electron chi connectivity index (χ0n) is 15.3. The molecule has 0 atom stereocenters. The third-order valence-corrected chi connectivity index (χ3v) is 5.60. The van der Waals surface area contributed by atoms with E-state index in [2.05, 4.69) is 10.3 Å². The molecule has 0 bridgehead atoms. The number of thiazole rings is 1. The molecule has 28 heavy (non-hydrogen) atoms. The number of amides is 1. The number of hydrogen-bond acceptors (Lipinski definition) is 8. The van der Waals surface area contributed by atoms with Crippen LogP contribution in [0.2, 0.25) is 0 Å². The number of rotatable bonds is 8. The Bertz CT molecular complexity index is 953. The van der Waals surface area contributed by atoms with Crippen molar-refractivity contribution in [3.05, 3.63) is 52.3 Å². The second-order valence-electron chi connectivity index (χ2n) is 5.56. The maximum atomic E-state index is 12.1. The van der Waals surface area contributed by atoms with Crippen LogP contribution >= 0.6 is 22.7 Å². The first kappa shape index (κ1) is 19.8. The summed E-state index contributed by atoms with van der Waals surface area (Å²) in [5.74, 6) is 0.152. The number of benzene rings is 1. The van der Waals surface area contributed by atoms with Gasteiger partial charge >= 0.3 is 5.97 Å². The Kier molecular flexibility index (Phi) is 6.62. The molecule has 9 heteroatoms. The van der Waals surface area contributed by atoms with Crippen molar-refractivity contribution in [3.8, 4) is 21.4 Å². The van der Waals surface area contributed by atoms with Gasteiger partial charge in [0, 0.05) is 11.9 Å². The molecule has 3 aromatic rings. The summed E-state index contributed by atoms with van der Waals surface area (Å²) in [6, 6.07) is 9.19. The minimum absolute atomic E-state index is 0.195. The van der Waals surface area contributed by atoms with Gasteiger partial charge in [-0.3, -0.25) is 4.79 Å². The molecule has 146 valence electrons. The molecule has 1 N–H and O–H groups in total. The van der Waals surface area contributed by atoms with Crippen LogP contribution in [0.25, 0.3) is 9.88 Å². The van der Waals surface area contributed by atoms with Gasteiger partial charge in [0.25, 0.3) is 5.91 Å². The number of carbonyl (C=O) groups excluding carboxylic acids is 2. The van der Waals surface area contributed by atoms with Gasteiger partial charge in [-0.2, -0.15) is 0 Å². The van der Waals surface area contributed by atoms with E-state index in [1.54, 1.807) is 43.1 Å². The highest BCUT2D eigenvalue weighted by atomic mass is 32.1. The number of nitrogens with one attached hydrogen (secondary N) is 1. The highest BCUT2D eigenvalue weighted by Gasteiger charge is 2.15. The number of methoxy groups -OCH3 is 2. The van der Waals surface area contributed by atoms with E-state index in [1.165, 1.54) is 11.3 Å². The van der Waals surface area contributed by atoms with E-state index in [4.69, 9.17) is 14.2 Å². The molecular weight excluding hydrogens is 400 g/mol. The molecule has 2 heterocycles. The Hall–Kier alpha value is -2.91. The zero-order valence-corrected chi connectivity index (χ0v) is 16.9. The first-order valence-corrected chi connectivity index (χ1v) is 10.0. The van der Waals surface area contributed by atoms with E-state index in [9.17, 15) is 9.59 Å². The highest BCUT2D eigenvalue weighted by Crippen LogP contribution is 2.28. The fraction of sp³-hybridized carbons (Fsp3) is 0.211. The van der Waals surface area contributed by atoms with Gasteiger partial charge in [-0.15, -0.1) is 22.7 Å². The fourth-order valence-corrected chi connectivity index (χ4v) is 3.93. The molecule has 0 fully saturated rings. The van der Waals surface area contributed by atoms with Crippen LogP contribution in [0.3, 0.4) is 0 Å². The van der Waals surface area contributed by atoms with Gasteiger partial charge in [0.15, 0.2) is 23.8 Å². The Labute approximate surface area is 169 Å². The van der Waals surface area contributed by atoms with Crippen LogP contribution in [0.5, 0.6) is 11.5 Å². The summed E-state index contributed by atoms with van der Waals surface area (Å²) in [5, 5.41) is 7.01. The summed E-state index contributed by atoms with van der Waals surface area (Å²) < 4.78 is 15.4. The Morgan fingerprint density at radius 2 is 1.93 bits per heavy atom. The first-order valence-electron chi connectivity index (χ1n) is 8.25. The molecule has 7 nitrogen and oxygen atoms in total. The Balaban J connectivity index is 1.48. The van der Waals surface area contributed by atoms with Crippen molar-refractivity contribution in [2.24, 2.45) is 0 Å². The largest absolute Gasteiger partial charge is 0.493 e. The minimum Gasteiger partial charge on any atom is -0.493 e. The molecule has 0 aliphatic heterocycles. The smallest absolute Gasteiger partial charge is 0.358 e. The molecule has 0 saturated carbocycles.